The average molecular weight is 326 g/mol. The van der Waals surface area contributed by atoms with Crippen LogP contribution in [-0.2, 0) is 6.54 Å². The van der Waals surface area contributed by atoms with Crippen LogP contribution >= 0.6 is 27.3 Å². The number of rotatable bonds is 4. The van der Waals surface area contributed by atoms with E-state index in [0.29, 0.717) is 11.6 Å². The van der Waals surface area contributed by atoms with Gasteiger partial charge in [-0.15, -0.1) is 11.3 Å². The van der Waals surface area contributed by atoms with Crippen molar-refractivity contribution in [2.45, 2.75) is 25.4 Å². The zero-order valence-corrected chi connectivity index (χ0v) is 12.2. The van der Waals surface area contributed by atoms with Gasteiger partial charge in [-0.2, -0.15) is 0 Å². The number of thiophene rings is 1. The summed E-state index contributed by atoms with van der Waals surface area (Å²) < 4.78 is 14.8. The lowest BCUT2D eigenvalue weighted by Gasteiger charge is -2.07. The molecule has 0 aliphatic heterocycles. The molecular formula is C14H13BrFNS. The van der Waals surface area contributed by atoms with Crippen LogP contribution in [0.2, 0.25) is 0 Å². The average Bonchev–Trinajstić information content (AvgIpc) is 3.10. The van der Waals surface area contributed by atoms with E-state index in [9.17, 15) is 4.39 Å². The Morgan fingerprint density at radius 1 is 1.33 bits per heavy atom. The zero-order chi connectivity index (χ0) is 12.5. The van der Waals surface area contributed by atoms with Crippen molar-refractivity contribution in [3.63, 3.8) is 0 Å². The van der Waals surface area contributed by atoms with Gasteiger partial charge in [-0.1, -0.05) is 6.07 Å². The maximum atomic E-state index is 13.9. The van der Waals surface area contributed by atoms with Crippen LogP contribution in [0.15, 0.2) is 34.1 Å². The second-order valence-electron chi connectivity index (χ2n) is 4.57. The lowest BCUT2D eigenvalue weighted by molar-refractivity contribution is 0.628. The van der Waals surface area contributed by atoms with Gasteiger partial charge in [-0.25, -0.2) is 4.39 Å². The smallest absolute Gasteiger partial charge is 0.131 e. The van der Waals surface area contributed by atoms with Gasteiger partial charge in [0, 0.05) is 22.6 Å². The normalized spacial score (nSPS) is 15.0. The molecule has 2 aromatic rings. The summed E-state index contributed by atoms with van der Waals surface area (Å²) in [6.45, 7) is 0.820. The van der Waals surface area contributed by atoms with Crippen LogP contribution in [0.4, 0.5) is 4.39 Å². The van der Waals surface area contributed by atoms with Crippen molar-refractivity contribution < 1.29 is 4.39 Å². The third-order valence-electron chi connectivity index (χ3n) is 3.06. The summed E-state index contributed by atoms with van der Waals surface area (Å²) >= 11 is 5.02. The molecule has 1 aromatic heterocycles. The Morgan fingerprint density at radius 2 is 2.17 bits per heavy atom. The van der Waals surface area contributed by atoms with Crippen LogP contribution in [0.1, 0.15) is 18.4 Å². The maximum Gasteiger partial charge on any atom is 0.131 e. The molecule has 0 atom stereocenters. The van der Waals surface area contributed by atoms with Crippen molar-refractivity contribution in [1.29, 1.82) is 0 Å². The molecule has 0 unspecified atom stereocenters. The van der Waals surface area contributed by atoms with E-state index in [2.05, 4.69) is 21.2 Å². The summed E-state index contributed by atoms with van der Waals surface area (Å²) in [5, 5.41) is 5.41. The predicted molar refractivity (Wildman–Crippen MR) is 77.3 cm³/mol. The van der Waals surface area contributed by atoms with Crippen LogP contribution in [0.3, 0.4) is 0 Å². The van der Waals surface area contributed by atoms with Crippen LogP contribution in [-0.4, -0.2) is 6.04 Å². The Balaban J connectivity index is 1.87. The highest BCUT2D eigenvalue weighted by molar-refractivity contribution is 9.10. The standard InChI is InChI=1S/C14H13BrFNS/c15-12-5-6-18-14(12)11-7-9(1-4-13(11)16)8-17-10-2-3-10/h1,4-7,10,17H,2-3,8H2. The molecule has 3 rings (SSSR count). The van der Waals surface area contributed by atoms with Crippen molar-refractivity contribution >= 4 is 27.3 Å². The largest absolute Gasteiger partial charge is 0.310 e. The molecule has 0 spiro atoms. The molecule has 1 saturated carbocycles. The molecule has 0 bridgehead atoms. The summed E-state index contributed by atoms with van der Waals surface area (Å²) in [6, 6.07) is 7.99. The molecule has 0 radical (unpaired) electrons. The third kappa shape index (κ3) is 2.66. The topological polar surface area (TPSA) is 12.0 Å². The fraction of sp³-hybridized carbons (Fsp3) is 0.286. The molecule has 1 aliphatic rings. The molecule has 0 saturated heterocycles. The Kier molecular flexibility index (Phi) is 3.50. The Bertz CT molecular complexity index is 563. The molecule has 1 N–H and O–H groups in total. The number of benzene rings is 1. The monoisotopic (exact) mass is 325 g/mol. The van der Waals surface area contributed by atoms with Crippen LogP contribution in [0, 0.1) is 5.82 Å². The van der Waals surface area contributed by atoms with Crippen LogP contribution in [0.5, 0.6) is 0 Å². The fourth-order valence-electron chi connectivity index (χ4n) is 1.89. The Hall–Kier alpha value is -0.710. The van der Waals surface area contributed by atoms with Gasteiger partial charge >= 0.3 is 0 Å². The second kappa shape index (κ2) is 5.11. The molecule has 0 amide bonds. The summed E-state index contributed by atoms with van der Waals surface area (Å²) in [7, 11) is 0. The highest BCUT2D eigenvalue weighted by Gasteiger charge is 2.20. The maximum absolute atomic E-state index is 13.9. The molecule has 1 aromatic carbocycles. The highest BCUT2D eigenvalue weighted by Crippen LogP contribution is 2.35. The molecule has 4 heteroatoms. The first-order chi connectivity index (χ1) is 8.74. The summed E-state index contributed by atoms with van der Waals surface area (Å²) in [5.41, 5.74) is 1.82. The minimum atomic E-state index is -0.159. The third-order valence-corrected chi connectivity index (χ3v) is 4.94. The Morgan fingerprint density at radius 3 is 2.83 bits per heavy atom. The van der Waals surface area contributed by atoms with Gasteiger partial charge in [0.2, 0.25) is 0 Å². The number of halogens is 2. The van der Waals surface area contributed by atoms with Gasteiger partial charge < -0.3 is 5.32 Å². The molecular weight excluding hydrogens is 313 g/mol. The fourth-order valence-corrected chi connectivity index (χ4v) is 3.50. The van der Waals surface area contributed by atoms with Crippen LogP contribution in [0.25, 0.3) is 10.4 Å². The van der Waals surface area contributed by atoms with E-state index in [1.54, 1.807) is 17.4 Å². The van der Waals surface area contributed by atoms with Crippen LogP contribution < -0.4 is 5.32 Å². The van der Waals surface area contributed by atoms with Gasteiger partial charge in [0.25, 0.3) is 0 Å². The molecule has 94 valence electrons. The van der Waals surface area contributed by atoms with Crippen molar-refractivity contribution in [2.24, 2.45) is 0 Å². The molecule has 18 heavy (non-hydrogen) atoms. The minimum Gasteiger partial charge on any atom is -0.310 e. The number of hydrogen-bond acceptors (Lipinski definition) is 2. The van der Waals surface area contributed by atoms with Crippen molar-refractivity contribution in [1.82, 2.24) is 5.32 Å². The van der Waals surface area contributed by atoms with Gasteiger partial charge in [-0.3, -0.25) is 0 Å². The highest BCUT2D eigenvalue weighted by atomic mass is 79.9. The molecule has 1 heterocycles. The lowest BCUT2D eigenvalue weighted by atomic mass is 10.1. The summed E-state index contributed by atoms with van der Waals surface area (Å²) in [6.07, 6.45) is 2.54. The van der Waals surface area contributed by atoms with Crippen molar-refractivity contribution in [3.05, 3.63) is 45.5 Å². The lowest BCUT2D eigenvalue weighted by Crippen LogP contribution is -2.15. The molecule has 1 aliphatic carbocycles. The van der Waals surface area contributed by atoms with E-state index in [1.807, 2.05) is 23.6 Å². The predicted octanol–water partition coefficient (Wildman–Crippen LogP) is 4.57. The SMILES string of the molecule is Fc1ccc(CNC2CC2)cc1-c1sccc1Br. The van der Waals surface area contributed by atoms with E-state index in [4.69, 9.17) is 0 Å². The number of hydrogen-bond donors (Lipinski definition) is 1. The van der Waals surface area contributed by atoms with E-state index >= 15 is 0 Å². The van der Waals surface area contributed by atoms with E-state index in [1.165, 1.54) is 12.8 Å². The zero-order valence-electron chi connectivity index (χ0n) is 9.75. The first-order valence-electron chi connectivity index (χ1n) is 5.99. The van der Waals surface area contributed by atoms with Gasteiger partial charge in [0.15, 0.2) is 0 Å². The summed E-state index contributed by atoms with van der Waals surface area (Å²) in [5.74, 6) is -0.159. The number of nitrogens with one attached hydrogen (secondary N) is 1. The first-order valence-corrected chi connectivity index (χ1v) is 7.66. The quantitative estimate of drug-likeness (QED) is 0.868. The first kappa shape index (κ1) is 12.3. The molecule has 1 fully saturated rings. The van der Waals surface area contributed by atoms with Gasteiger partial charge in [0.1, 0.15) is 5.82 Å². The minimum absolute atomic E-state index is 0.159. The van der Waals surface area contributed by atoms with Gasteiger partial charge in [-0.05, 0) is 57.9 Å². The van der Waals surface area contributed by atoms with Gasteiger partial charge in [0.05, 0.1) is 4.88 Å². The van der Waals surface area contributed by atoms with E-state index in [0.717, 1.165) is 21.5 Å². The second-order valence-corrected chi connectivity index (χ2v) is 6.34. The van der Waals surface area contributed by atoms with E-state index in [-0.39, 0.29) is 5.82 Å². The van der Waals surface area contributed by atoms with Crippen molar-refractivity contribution in [2.75, 3.05) is 0 Å². The van der Waals surface area contributed by atoms with E-state index < -0.39 is 0 Å². The summed E-state index contributed by atoms with van der Waals surface area (Å²) in [4.78, 5) is 0.959. The molecule has 1 nitrogen and oxygen atoms in total. The Labute approximate surface area is 118 Å². The van der Waals surface area contributed by atoms with Crippen molar-refractivity contribution in [3.8, 4) is 10.4 Å².